The predicted molar refractivity (Wildman–Crippen MR) is 70.0 cm³/mol. The van der Waals surface area contributed by atoms with Gasteiger partial charge in [-0.3, -0.25) is 0 Å². The Labute approximate surface area is 107 Å². The fourth-order valence-corrected chi connectivity index (χ4v) is 3.94. The molecule has 2 aliphatic rings. The lowest BCUT2D eigenvalue weighted by molar-refractivity contribution is -0.869. The van der Waals surface area contributed by atoms with Crippen LogP contribution in [0.15, 0.2) is 24.3 Å². The molecule has 1 aromatic carbocycles. The molecule has 1 fully saturated rings. The van der Waals surface area contributed by atoms with Gasteiger partial charge >= 0.3 is 6.69 Å². The number of benzene rings is 1. The second-order valence-electron chi connectivity index (χ2n) is 5.67. The number of rotatable bonds is 2. The quantitative estimate of drug-likeness (QED) is 0.723. The molecule has 5 heteroatoms. The van der Waals surface area contributed by atoms with Gasteiger partial charge in [-0.15, -0.1) is 0 Å². The Morgan fingerprint density at radius 1 is 1.39 bits per heavy atom. The van der Waals surface area contributed by atoms with Crippen LogP contribution in [0.3, 0.4) is 0 Å². The van der Waals surface area contributed by atoms with Crippen LogP contribution in [0.5, 0.6) is 0 Å². The van der Waals surface area contributed by atoms with E-state index in [1.165, 1.54) is 0 Å². The van der Waals surface area contributed by atoms with Crippen LogP contribution in [-0.2, 0) is 11.3 Å². The van der Waals surface area contributed by atoms with Crippen LogP contribution >= 0.6 is 0 Å². The van der Waals surface area contributed by atoms with Crippen molar-refractivity contribution in [3.05, 3.63) is 29.8 Å². The largest absolute Gasteiger partial charge is 0.524 e. The van der Waals surface area contributed by atoms with Crippen LogP contribution in [-0.4, -0.2) is 47.4 Å². The molecule has 4 nitrogen and oxygen atoms in total. The van der Waals surface area contributed by atoms with E-state index in [0.717, 1.165) is 37.0 Å². The van der Waals surface area contributed by atoms with Gasteiger partial charge in [-0.2, -0.15) is 0 Å². The van der Waals surface area contributed by atoms with Gasteiger partial charge in [0.1, 0.15) is 0 Å². The zero-order valence-corrected chi connectivity index (χ0v) is 10.7. The molecule has 3 rings (SSSR count). The maximum atomic E-state index is 10.7. The van der Waals surface area contributed by atoms with Crippen molar-refractivity contribution in [2.75, 3.05) is 20.3 Å². The fourth-order valence-electron chi connectivity index (χ4n) is 3.94. The summed E-state index contributed by atoms with van der Waals surface area (Å²) in [5, 5.41) is 21.5. The number of ether oxygens (including phenoxy) is 1. The third-order valence-electron chi connectivity index (χ3n) is 4.85. The van der Waals surface area contributed by atoms with Gasteiger partial charge < -0.3 is 19.2 Å². The van der Waals surface area contributed by atoms with E-state index in [-0.39, 0.29) is 6.04 Å². The second kappa shape index (κ2) is 4.06. The van der Waals surface area contributed by atoms with Crippen LogP contribution in [0, 0.1) is 0 Å². The van der Waals surface area contributed by atoms with Crippen LogP contribution < -0.4 is 5.46 Å². The molecule has 0 aliphatic carbocycles. The zero-order chi connectivity index (χ0) is 12.8. The topological polar surface area (TPSA) is 49.7 Å². The average Bonchev–Trinajstić information content (AvgIpc) is 2.84. The number of quaternary nitrogens is 1. The minimum Gasteiger partial charge on any atom is -0.524 e. The Morgan fingerprint density at radius 3 is 2.89 bits per heavy atom. The maximum Gasteiger partial charge on any atom is 0.498 e. The summed E-state index contributed by atoms with van der Waals surface area (Å²) in [6, 6.07) is 7.90. The van der Waals surface area contributed by atoms with Gasteiger partial charge in [0.25, 0.3) is 0 Å². The molecule has 18 heavy (non-hydrogen) atoms. The molecule has 0 aromatic heterocycles. The van der Waals surface area contributed by atoms with E-state index in [2.05, 4.69) is 0 Å². The van der Waals surface area contributed by atoms with Gasteiger partial charge in [0.05, 0.1) is 19.2 Å². The van der Waals surface area contributed by atoms with E-state index in [9.17, 15) is 10.0 Å². The van der Waals surface area contributed by atoms with Crippen molar-refractivity contribution >= 4 is 12.1 Å². The third-order valence-corrected chi connectivity index (χ3v) is 4.85. The molecule has 2 N–H and O–H groups in total. The molecule has 0 amide bonds. The number of hydrogen-bond acceptors (Lipinski definition) is 3. The number of methoxy groups -OCH3 is 1. The fraction of sp³-hybridized carbons (Fsp3) is 0.538. The number of nitrogens with zero attached hydrogens (tertiary/aromatic N) is 1. The monoisotopic (exact) mass is 249 g/mol. The van der Waals surface area contributed by atoms with Gasteiger partial charge in [0, 0.05) is 20.1 Å². The maximum absolute atomic E-state index is 10.7. The summed E-state index contributed by atoms with van der Waals surface area (Å²) in [6.07, 6.45) is 2.04. The summed E-state index contributed by atoms with van der Waals surface area (Å²) in [5.74, 6) is 0. The normalized spacial score (nSPS) is 32.9. The summed E-state index contributed by atoms with van der Waals surface area (Å²) < 4.78 is 5.66. The molecule has 1 aromatic rings. The van der Waals surface area contributed by atoms with E-state index in [0.29, 0.717) is 11.0 Å². The third kappa shape index (κ3) is 1.42. The average molecular weight is 249 g/mol. The smallest absolute Gasteiger partial charge is 0.498 e. The van der Waals surface area contributed by atoms with Crippen molar-refractivity contribution in [1.82, 2.24) is 0 Å². The van der Waals surface area contributed by atoms with Gasteiger partial charge in [-0.05, 0) is 12.0 Å². The molecule has 1 saturated heterocycles. The lowest BCUT2D eigenvalue weighted by Crippen LogP contribution is -2.72. The van der Waals surface area contributed by atoms with Gasteiger partial charge in [0.2, 0.25) is 0 Å². The SMILES string of the molecule is COC[C@H]1CCC[N@+]12Cc1ccccc1[B-]2(O)O. The first-order chi connectivity index (χ1) is 8.62. The Bertz CT molecular complexity index is 465. The highest BCUT2D eigenvalue weighted by atomic mass is 16.5. The lowest BCUT2D eigenvalue weighted by Gasteiger charge is -2.51. The Hall–Kier alpha value is -0.875. The molecule has 98 valence electrons. The minimum absolute atomic E-state index is 0.192. The molecule has 0 radical (unpaired) electrons. The van der Waals surface area contributed by atoms with E-state index in [4.69, 9.17) is 4.74 Å². The van der Waals surface area contributed by atoms with Crippen molar-refractivity contribution in [3.8, 4) is 0 Å². The standard InChI is InChI=1S/C13H20BNO3/c1-18-10-12-6-4-8-15(12)9-11-5-2-3-7-13(11)14(15,16)17/h2-3,5,7,12,16-17H,4,6,8-10H2,1H3/t12-,15+/m1/s1. The van der Waals surface area contributed by atoms with E-state index < -0.39 is 6.69 Å². The Morgan fingerprint density at radius 2 is 2.17 bits per heavy atom. The molecular formula is C13H20BNO3. The van der Waals surface area contributed by atoms with E-state index in [1.807, 2.05) is 24.3 Å². The first kappa shape index (κ1) is 12.2. The Balaban J connectivity index is 2.05. The summed E-state index contributed by atoms with van der Waals surface area (Å²) >= 11 is 0. The van der Waals surface area contributed by atoms with Crippen LogP contribution in [0.2, 0.25) is 0 Å². The van der Waals surface area contributed by atoms with E-state index >= 15 is 0 Å². The van der Waals surface area contributed by atoms with Gasteiger partial charge in [0.15, 0.2) is 0 Å². The molecule has 0 bridgehead atoms. The second-order valence-corrected chi connectivity index (χ2v) is 5.67. The summed E-state index contributed by atoms with van der Waals surface area (Å²) in [6.45, 7) is -0.367. The molecule has 2 heterocycles. The van der Waals surface area contributed by atoms with Gasteiger partial charge in [-0.1, -0.05) is 29.7 Å². The van der Waals surface area contributed by atoms with Crippen molar-refractivity contribution in [2.24, 2.45) is 0 Å². The highest BCUT2D eigenvalue weighted by molar-refractivity contribution is 6.73. The molecule has 2 atom stereocenters. The first-order valence-corrected chi connectivity index (χ1v) is 6.65. The molecule has 1 spiro atoms. The van der Waals surface area contributed by atoms with Crippen molar-refractivity contribution in [2.45, 2.75) is 25.4 Å². The molecular weight excluding hydrogens is 229 g/mol. The molecule has 0 unspecified atom stereocenters. The van der Waals surface area contributed by atoms with Crippen molar-refractivity contribution < 1.29 is 19.2 Å². The van der Waals surface area contributed by atoms with Crippen LogP contribution in [0.25, 0.3) is 0 Å². The van der Waals surface area contributed by atoms with E-state index in [1.54, 1.807) is 7.11 Å². The first-order valence-electron chi connectivity index (χ1n) is 6.65. The predicted octanol–water partition coefficient (Wildman–Crippen LogP) is -0.0437. The summed E-state index contributed by atoms with van der Waals surface area (Å²) in [5.41, 5.74) is 1.80. The Kier molecular flexibility index (Phi) is 2.75. The summed E-state index contributed by atoms with van der Waals surface area (Å²) in [4.78, 5) is 0. The number of fused-ring (bicyclic) bond motifs is 1. The highest BCUT2D eigenvalue weighted by Crippen LogP contribution is 2.38. The molecule has 0 saturated carbocycles. The van der Waals surface area contributed by atoms with Crippen molar-refractivity contribution in [1.29, 1.82) is 0 Å². The van der Waals surface area contributed by atoms with Crippen LogP contribution in [0.1, 0.15) is 18.4 Å². The minimum atomic E-state index is -2.51. The zero-order valence-electron chi connectivity index (χ0n) is 10.7. The van der Waals surface area contributed by atoms with Crippen LogP contribution in [0.4, 0.5) is 0 Å². The highest BCUT2D eigenvalue weighted by Gasteiger charge is 2.58. The van der Waals surface area contributed by atoms with Gasteiger partial charge in [-0.25, -0.2) is 0 Å². The lowest BCUT2D eigenvalue weighted by atomic mass is 9.62. The number of hydrogen-bond donors (Lipinski definition) is 2. The van der Waals surface area contributed by atoms with Crippen molar-refractivity contribution in [3.63, 3.8) is 0 Å². The molecule has 2 aliphatic heterocycles. The summed E-state index contributed by atoms with van der Waals surface area (Å²) in [7, 11) is 1.68.